The second-order valence-electron chi connectivity index (χ2n) is 10.6. The van der Waals surface area contributed by atoms with Gasteiger partial charge in [-0.2, -0.15) is 13.2 Å². The fraction of sp³-hybridized carbons (Fsp3) is 0.500. The molecule has 2 unspecified atom stereocenters. The van der Waals surface area contributed by atoms with Gasteiger partial charge in [-0.3, -0.25) is 19.4 Å². The fourth-order valence-electron chi connectivity index (χ4n) is 5.61. The number of benzene rings is 2. The number of hydrogen-bond donors (Lipinski definition) is 1. The average molecular weight is 603 g/mol. The monoisotopic (exact) mass is 602 g/mol. The van der Waals surface area contributed by atoms with E-state index in [1.54, 1.807) is 17.0 Å². The molecule has 2 heterocycles. The molecule has 2 aromatic carbocycles. The highest BCUT2D eigenvalue weighted by Gasteiger charge is 2.39. The molecular formula is C28H32Cl2F4N4O2. The molecule has 2 fully saturated rings. The van der Waals surface area contributed by atoms with Crippen molar-refractivity contribution in [2.75, 3.05) is 39.8 Å². The van der Waals surface area contributed by atoms with Gasteiger partial charge in [0.15, 0.2) is 0 Å². The van der Waals surface area contributed by atoms with E-state index in [0.29, 0.717) is 41.8 Å². The van der Waals surface area contributed by atoms with Gasteiger partial charge in [0.2, 0.25) is 11.8 Å². The quantitative estimate of drug-likeness (QED) is 0.444. The third-order valence-electron chi connectivity index (χ3n) is 7.70. The van der Waals surface area contributed by atoms with Gasteiger partial charge in [-0.15, -0.1) is 0 Å². The van der Waals surface area contributed by atoms with Crippen molar-refractivity contribution < 1.29 is 27.2 Å². The van der Waals surface area contributed by atoms with Gasteiger partial charge >= 0.3 is 6.18 Å². The number of alkyl halides is 3. The molecule has 0 bridgehead atoms. The SMILES string of the molecule is CC(=O)NC1CCN(CC(=O)N2CC(c3ccc(Cl)c(Cl)c3)C(N(C)Cc3ccc(C(F)(F)F)c(F)c3)C2)CC1. The summed E-state index contributed by atoms with van der Waals surface area (Å²) >= 11 is 12.4. The van der Waals surface area contributed by atoms with Crippen LogP contribution in [-0.2, 0) is 22.3 Å². The molecule has 2 saturated heterocycles. The minimum atomic E-state index is -4.76. The highest BCUT2D eigenvalue weighted by atomic mass is 35.5. The van der Waals surface area contributed by atoms with Crippen molar-refractivity contribution >= 4 is 35.0 Å². The number of nitrogens with one attached hydrogen (secondary N) is 1. The third-order valence-corrected chi connectivity index (χ3v) is 8.44. The van der Waals surface area contributed by atoms with Crippen molar-refractivity contribution in [3.63, 3.8) is 0 Å². The van der Waals surface area contributed by atoms with E-state index in [4.69, 9.17) is 23.2 Å². The van der Waals surface area contributed by atoms with Crippen LogP contribution in [0.2, 0.25) is 10.0 Å². The van der Waals surface area contributed by atoms with Crippen molar-refractivity contribution in [2.24, 2.45) is 0 Å². The van der Waals surface area contributed by atoms with Crippen molar-refractivity contribution in [1.29, 1.82) is 0 Å². The molecule has 2 atom stereocenters. The van der Waals surface area contributed by atoms with Gasteiger partial charge in [0.25, 0.3) is 0 Å². The molecule has 0 radical (unpaired) electrons. The maximum Gasteiger partial charge on any atom is 0.419 e. The summed E-state index contributed by atoms with van der Waals surface area (Å²) in [5, 5.41) is 3.72. The number of rotatable bonds is 7. The number of amides is 2. The molecule has 12 heteroatoms. The molecule has 0 spiro atoms. The molecule has 2 aliphatic rings. The van der Waals surface area contributed by atoms with Crippen LogP contribution in [0.1, 0.15) is 42.4 Å². The number of nitrogens with zero attached hydrogens (tertiary/aromatic N) is 3. The Labute approximate surface area is 241 Å². The number of halogens is 6. The summed E-state index contributed by atoms with van der Waals surface area (Å²) < 4.78 is 53.3. The molecule has 40 heavy (non-hydrogen) atoms. The molecule has 2 aromatic rings. The molecular weight excluding hydrogens is 571 g/mol. The lowest BCUT2D eigenvalue weighted by Crippen LogP contribution is -2.47. The first-order valence-electron chi connectivity index (χ1n) is 13.1. The number of likely N-dealkylation sites (N-methyl/N-ethyl adjacent to an activating group) is 1. The number of likely N-dealkylation sites (tertiary alicyclic amines) is 2. The predicted molar refractivity (Wildman–Crippen MR) is 146 cm³/mol. The van der Waals surface area contributed by atoms with Gasteiger partial charge in [-0.25, -0.2) is 4.39 Å². The number of carbonyl (C=O) groups is 2. The van der Waals surface area contributed by atoms with E-state index < -0.39 is 17.6 Å². The second-order valence-corrected chi connectivity index (χ2v) is 11.4. The normalized spacial score (nSPS) is 20.8. The first-order chi connectivity index (χ1) is 18.8. The van der Waals surface area contributed by atoms with Crippen LogP contribution in [0.5, 0.6) is 0 Å². The molecule has 6 nitrogen and oxygen atoms in total. The fourth-order valence-corrected chi connectivity index (χ4v) is 5.92. The zero-order valence-electron chi connectivity index (χ0n) is 22.3. The van der Waals surface area contributed by atoms with E-state index in [9.17, 15) is 27.2 Å². The largest absolute Gasteiger partial charge is 0.419 e. The van der Waals surface area contributed by atoms with Gasteiger partial charge in [0.1, 0.15) is 5.82 Å². The summed E-state index contributed by atoms with van der Waals surface area (Å²) in [5.74, 6) is -1.55. The van der Waals surface area contributed by atoms with Gasteiger partial charge < -0.3 is 10.2 Å². The summed E-state index contributed by atoms with van der Waals surface area (Å²) in [7, 11) is 1.81. The first-order valence-corrected chi connectivity index (χ1v) is 13.9. The molecule has 4 rings (SSSR count). The highest BCUT2D eigenvalue weighted by Crippen LogP contribution is 2.36. The minimum absolute atomic E-state index is 0.0282. The Kier molecular flexibility index (Phi) is 9.65. The standard InChI is InChI=1S/C28H32Cl2F4N4O2/c1-17(39)35-20-7-9-37(10-8-20)16-27(40)38-14-21(19-4-6-23(29)24(30)12-19)26(15-38)36(2)13-18-3-5-22(25(31)11-18)28(32,33)34/h3-6,11-12,20-21,26H,7-10,13-16H2,1-2H3,(H,35,39). The lowest BCUT2D eigenvalue weighted by Gasteiger charge is -2.32. The summed E-state index contributed by atoms with van der Waals surface area (Å²) in [4.78, 5) is 30.5. The summed E-state index contributed by atoms with van der Waals surface area (Å²) in [5.41, 5.74) is -0.0182. The van der Waals surface area contributed by atoms with Gasteiger partial charge in [0.05, 0.1) is 22.2 Å². The Morgan fingerprint density at radius 2 is 1.75 bits per heavy atom. The smallest absolute Gasteiger partial charge is 0.354 e. The van der Waals surface area contributed by atoms with Crippen molar-refractivity contribution in [3.05, 3.63) is 69.0 Å². The first kappa shape index (κ1) is 30.6. The Bertz CT molecular complexity index is 1240. The maximum atomic E-state index is 14.2. The van der Waals surface area contributed by atoms with Crippen LogP contribution in [0.4, 0.5) is 17.6 Å². The molecule has 0 saturated carbocycles. The molecule has 218 valence electrons. The molecule has 1 N–H and O–H groups in total. The maximum absolute atomic E-state index is 14.2. The molecule has 0 aliphatic carbocycles. The number of carbonyl (C=O) groups excluding carboxylic acids is 2. The Balaban J connectivity index is 1.48. The molecule has 0 aromatic heterocycles. The van der Waals surface area contributed by atoms with E-state index >= 15 is 0 Å². The Morgan fingerprint density at radius 1 is 1.05 bits per heavy atom. The van der Waals surface area contributed by atoms with Gasteiger partial charge in [-0.05, 0) is 55.3 Å². The van der Waals surface area contributed by atoms with Crippen LogP contribution < -0.4 is 5.32 Å². The predicted octanol–water partition coefficient (Wildman–Crippen LogP) is 5.18. The zero-order chi connectivity index (χ0) is 29.2. The zero-order valence-corrected chi connectivity index (χ0v) is 23.8. The van der Waals surface area contributed by atoms with Crippen LogP contribution >= 0.6 is 23.2 Å². The van der Waals surface area contributed by atoms with Gasteiger partial charge in [0, 0.05) is 57.6 Å². The van der Waals surface area contributed by atoms with E-state index in [0.717, 1.165) is 30.5 Å². The van der Waals surface area contributed by atoms with Crippen LogP contribution in [0.3, 0.4) is 0 Å². The van der Waals surface area contributed by atoms with Crippen molar-refractivity contribution in [1.82, 2.24) is 20.0 Å². The van der Waals surface area contributed by atoms with Gasteiger partial charge in [-0.1, -0.05) is 35.3 Å². The topological polar surface area (TPSA) is 55.9 Å². The lowest BCUT2D eigenvalue weighted by molar-refractivity contribution is -0.140. The number of hydrogen-bond acceptors (Lipinski definition) is 4. The van der Waals surface area contributed by atoms with E-state index in [1.165, 1.54) is 13.0 Å². The van der Waals surface area contributed by atoms with Crippen molar-refractivity contribution in [2.45, 2.75) is 50.5 Å². The molecule has 2 amide bonds. The van der Waals surface area contributed by atoms with E-state index in [-0.39, 0.29) is 42.9 Å². The highest BCUT2D eigenvalue weighted by molar-refractivity contribution is 6.42. The third kappa shape index (κ3) is 7.46. The van der Waals surface area contributed by atoms with Crippen LogP contribution in [0, 0.1) is 5.82 Å². The molecule has 2 aliphatic heterocycles. The van der Waals surface area contributed by atoms with Crippen LogP contribution in [0.25, 0.3) is 0 Å². The summed E-state index contributed by atoms with van der Waals surface area (Å²) in [6.45, 7) is 4.15. The Morgan fingerprint density at radius 3 is 2.35 bits per heavy atom. The van der Waals surface area contributed by atoms with Crippen molar-refractivity contribution in [3.8, 4) is 0 Å². The van der Waals surface area contributed by atoms with Crippen LogP contribution in [0.15, 0.2) is 36.4 Å². The van der Waals surface area contributed by atoms with Crippen LogP contribution in [-0.4, -0.2) is 78.4 Å². The van der Waals surface area contributed by atoms with E-state index in [1.807, 2.05) is 18.0 Å². The Hall–Kier alpha value is -2.40. The van der Waals surface area contributed by atoms with E-state index in [2.05, 4.69) is 10.2 Å². The lowest BCUT2D eigenvalue weighted by atomic mass is 9.93. The average Bonchev–Trinajstić information content (AvgIpc) is 3.32. The summed E-state index contributed by atoms with van der Waals surface area (Å²) in [6, 6.07) is 8.20. The second kappa shape index (κ2) is 12.6. The summed E-state index contributed by atoms with van der Waals surface area (Å²) in [6.07, 6.45) is -3.22. The number of piperidine rings is 1. The minimum Gasteiger partial charge on any atom is -0.354 e.